The van der Waals surface area contributed by atoms with Gasteiger partial charge in [0.25, 0.3) is 5.91 Å². The Morgan fingerprint density at radius 3 is 2.56 bits per heavy atom. The van der Waals surface area contributed by atoms with Crippen molar-refractivity contribution < 1.29 is 28.5 Å². The Labute approximate surface area is 187 Å². The lowest BCUT2D eigenvalue weighted by Crippen LogP contribution is -2.35. The largest absolute Gasteiger partial charge is 0.493 e. The van der Waals surface area contributed by atoms with E-state index in [0.717, 1.165) is 38.8 Å². The summed E-state index contributed by atoms with van der Waals surface area (Å²) in [4.78, 5) is 27.1. The van der Waals surface area contributed by atoms with Gasteiger partial charge in [0.2, 0.25) is 5.78 Å². The second kappa shape index (κ2) is 9.77. The van der Waals surface area contributed by atoms with Crippen molar-refractivity contribution in [1.82, 2.24) is 4.90 Å². The van der Waals surface area contributed by atoms with E-state index in [2.05, 4.69) is 0 Å². The number of ether oxygens (including phenoxy) is 4. The number of nitrogens with zero attached hydrogens (tertiary/aromatic N) is 1. The number of carbonyl (C=O) groups is 2. The number of fused-ring (bicyclic) bond motifs is 1. The van der Waals surface area contributed by atoms with Crippen LogP contribution in [0.5, 0.6) is 23.0 Å². The summed E-state index contributed by atoms with van der Waals surface area (Å²) in [6.45, 7) is 1.54. The van der Waals surface area contributed by atoms with Gasteiger partial charge in [0.15, 0.2) is 23.9 Å². The van der Waals surface area contributed by atoms with E-state index in [0.29, 0.717) is 34.1 Å². The number of ketones is 1. The van der Waals surface area contributed by atoms with Gasteiger partial charge in [0.1, 0.15) is 11.5 Å². The van der Waals surface area contributed by atoms with Crippen LogP contribution in [-0.2, 0) is 4.79 Å². The molecular weight excluding hydrogens is 410 g/mol. The highest BCUT2D eigenvalue weighted by molar-refractivity contribution is 6.14. The van der Waals surface area contributed by atoms with Crippen LogP contribution in [0.15, 0.2) is 42.2 Å². The van der Waals surface area contributed by atoms with Gasteiger partial charge < -0.3 is 23.8 Å². The molecule has 2 aromatic rings. The van der Waals surface area contributed by atoms with E-state index in [1.807, 2.05) is 17.0 Å². The molecule has 2 heterocycles. The minimum Gasteiger partial charge on any atom is -0.493 e. The molecule has 0 atom stereocenters. The molecule has 32 heavy (non-hydrogen) atoms. The van der Waals surface area contributed by atoms with Crippen LogP contribution < -0.4 is 18.9 Å². The number of carbonyl (C=O) groups excluding carboxylic acids is 2. The van der Waals surface area contributed by atoms with E-state index >= 15 is 0 Å². The molecule has 2 aliphatic rings. The van der Waals surface area contributed by atoms with Gasteiger partial charge in [-0.2, -0.15) is 0 Å². The highest BCUT2D eigenvalue weighted by Gasteiger charge is 2.28. The van der Waals surface area contributed by atoms with Crippen LogP contribution in [-0.4, -0.2) is 50.5 Å². The number of hydrogen-bond donors (Lipinski definition) is 0. The van der Waals surface area contributed by atoms with Crippen LogP contribution in [0.1, 0.15) is 41.6 Å². The zero-order valence-corrected chi connectivity index (χ0v) is 18.4. The molecule has 1 saturated heterocycles. The van der Waals surface area contributed by atoms with E-state index in [4.69, 9.17) is 18.9 Å². The van der Waals surface area contributed by atoms with Crippen LogP contribution in [0.4, 0.5) is 0 Å². The molecule has 2 aliphatic heterocycles. The molecule has 7 heteroatoms. The maximum atomic E-state index is 12.8. The van der Waals surface area contributed by atoms with Gasteiger partial charge >= 0.3 is 0 Å². The highest BCUT2D eigenvalue weighted by Crippen LogP contribution is 2.37. The van der Waals surface area contributed by atoms with Crippen molar-refractivity contribution in [3.05, 3.63) is 53.3 Å². The molecule has 1 amide bonds. The number of rotatable bonds is 6. The summed E-state index contributed by atoms with van der Waals surface area (Å²) < 4.78 is 22.3. The van der Waals surface area contributed by atoms with Crippen molar-refractivity contribution >= 4 is 17.8 Å². The molecule has 0 spiro atoms. The second-order valence-corrected chi connectivity index (χ2v) is 7.76. The van der Waals surface area contributed by atoms with Crippen LogP contribution >= 0.6 is 0 Å². The normalized spacial score (nSPS) is 16.9. The fourth-order valence-corrected chi connectivity index (χ4v) is 3.98. The fourth-order valence-electron chi connectivity index (χ4n) is 3.98. The zero-order chi connectivity index (χ0) is 22.5. The Kier molecular flexibility index (Phi) is 6.63. The standard InChI is InChI=1S/C25H27NO6/c1-29-20-9-7-8-17(25(20)30-2)14-22-24(28)19-11-10-18(15-21(19)32-22)31-16-23(27)26-12-5-3-4-6-13-26/h7-11,14-15H,3-6,12-13,16H2,1-2H3. The molecule has 0 unspecified atom stereocenters. The van der Waals surface area contributed by atoms with Crippen LogP contribution in [0.25, 0.3) is 6.08 Å². The SMILES string of the molecule is COc1cccc(C=C2Oc3cc(OCC(=O)N4CCCCCC4)ccc3C2=O)c1OC. The first kappa shape index (κ1) is 21.7. The molecule has 0 aromatic heterocycles. The number of amides is 1. The number of methoxy groups -OCH3 is 2. The van der Waals surface area contributed by atoms with Gasteiger partial charge in [0, 0.05) is 24.7 Å². The van der Waals surface area contributed by atoms with Gasteiger partial charge in [-0.15, -0.1) is 0 Å². The Morgan fingerprint density at radius 2 is 1.84 bits per heavy atom. The van der Waals surface area contributed by atoms with Gasteiger partial charge in [0.05, 0.1) is 19.8 Å². The summed E-state index contributed by atoms with van der Waals surface area (Å²) in [7, 11) is 3.10. The molecule has 2 aromatic carbocycles. The average Bonchev–Trinajstić information content (AvgIpc) is 2.99. The maximum Gasteiger partial charge on any atom is 0.260 e. The molecule has 1 fully saturated rings. The van der Waals surface area contributed by atoms with Crippen LogP contribution in [0, 0.1) is 0 Å². The van der Waals surface area contributed by atoms with Gasteiger partial charge in [-0.25, -0.2) is 0 Å². The smallest absolute Gasteiger partial charge is 0.260 e. The minimum absolute atomic E-state index is 0.0184. The first-order valence-corrected chi connectivity index (χ1v) is 10.8. The summed E-state index contributed by atoms with van der Waals surface area (Å²) in [5.74, 6) is 1.92. The van der Waals surface area contributed by atoms with Gasteiger partial charge in [-0.1, -0.05) is 25.0 Å². The first-order chi connectivity index (χ1) is 15.6. The fraction of sp³-hybridized carbons (Fsp3) is 0.360. The Balaban J connectivity index is 1.47. The molecule has 0 aliphatic carbocycles. The summed E-state index contributed by atoms with van der Waals surface area (Å²) in [6, 6.07) is 10.4. The molecule has 168 valence electrons. The van der Waals surface area contributed by atoms with Crippen molar-refractivity contribution in [2.24, 2.45) is 0 Å². The van der Waals surface area contributed by atoms with E-state index in [9.17, 15) is 9.59 Å². The predicted octanol–water partition coefficient (Wildman–Crippen LogP) is 4.10. The van der Waals surface area contributed by atoms with Crippen molar-refractivity contribution in [3.8, 4) is 23.0 Å². The van der Waals surface area contributed by atoms with E-state index in [1.54, 1.807) is 44.6 Å². The molecule has 7 nitrogen and oxygen atoms in total. The quantitative estimate of drug-likeness (QED) is 0.634. The van der Waals surface area contributed by atoms with E-state index in [1.165, 1.54) is 0 Å². The Morgan fingerprint density at radius 1 is 1.06 bits per heavy atom. The van der Waals surface area contributed by atoms with Crippen molar-refractivity contribution in [3.63, 3.8) is 0 Å². The number of hydrogen-bond acceptors (Lipinski definition) is 6. The predicted molar refractivity (Wildman–Crippen MR) is 119 cm³/mol. The third-order valence-corrected chi connectivity index (χ3v) is 5.68. The van der Waals surface area contributed by atoms with Gasteiger partial charge in [-0.3, -0.25) is 9.59 Å². The monoisotopic (exact) mass is 437 g/mol. The number of benzene rings is 2. The molecule has 4 rings (SSSR count). The van der Waals surface area contributed by atoms with Crippen LogP contribution in [0.3, 0.4) is 0 Å². The highest BCUT2D eigenvalue weighted by atomic mass is 16.5. The average molecular weight is 437 g/mol. The molecular formula is C25H27NO6. The summed E-state index contributed by atoms with van der Waals surface area (Å²) >= 11 is 0. The maximum absolute atomic E-state index is 12.8. The van der Waals surface area contributed by atoms with E-state index in [-0.39, 0.29) is 24.1 Å². The third kappa shape index (κ3) is 4.56. The molecule has 0 radical (unpaired) electrons. The summed E-state index contributed by atoms with van der Waals surface area (Å²) in [5.41, 5.74) is 1.12. The second-order valence-electron chi connectivity index (χ2n) is 7.76. The first-order valence-electron chi connectivity index (χ1n) is 10.8. The lowest BCUT2D eigenvalue weighted by molar-refractivity contribution is -0.133. The molecule has 0 saturated carbocycles. The lowest BCUT2D eigenvalue weighted by Gasteiger charge is -2.20. The third-order valence-electron chi connectivity index (χ3n) is 5.68. The summed E-state index contributed by atoms with van der Waals surface area (Å²) in [6.07, 6.45) is 6.03. The number of para-hydroxylation sites is 1. The Bertz CT molecular complexity index is 1040. The van der Waals surface area contributed by atoms with E-state index < -0.39 is 0 Å². The number of Topliss-reactive ketones (excluding diaryl/α,β-unsaturated/α-hetero) is 1. The minimum atomic E-state index is -0.225. The Hall–Kier alpha value is -3.48. The summed E-state index contributed by atoms with van der Waals surface area (Å²) in [5, 5.41) is 0. The van der Waals surface area contributed by atoms with Crippen molar-refractivity contribution in [1.29, 1.82) is 0 Å². The lowest BCUT2D eigenvalue weighted by atomic mass is 10.1. The zero-order valence-electron chi connectivity index (χ0n) is 18.4. The van der Waals surface area contributed by atoms with Gasteiger partial charge in [-0.05, 0) is 37.1 Å². The number of likely N-dealkylation sites (tertiary alicyclic amines) is 1. The molecule has 0 N–H and O–H groups in total. The van der Waals surface area contributed by atoms with Crippen LogP contribution in [0.2, 0.25) is 0 Å². The number of allylic oxidation sites excluding steroid dienone is 1. The topological polar surface area (TPSA) is 74.3 Å². The van der Waals surface area contributed by atoms with Crippen molar-refractivity contribution in [2.45, 2.75) is 25.7 Å². The van der Waals surface area contributed by atoms with Crippen molar-refractivity contribution in [2.75, 3.05) is 33.9 Å². The molecule has 0 bridgehead atoms.